The van der Waals surface area contributed by atoms with Crippen LogP contribution in [0.4, 0.5) is 0 Å². The van der Waals surface area contributed by atoms with E-state index in [4.69, 9.17) is 0 Å². The minimum atomic E-state index is -1.73. The van der Waals surface area contributed by atoms with Gasteiger partial charge in [0.1, 0.15) is 0 Å². The van der Waals surface area contributed by atoms with E-state index in [-0.39, 0.29) is 12.8 Å². The summed E-state index contributed by atoms with van der Waals surface area (Å²) in [7, 11) is 0. The van der Waals surface area contributed by atoms with Crippen LogP contribution in [0.25, 0.3) is 0 Å². The molecule has 0 saturated carbocycles. The molecule has 0 rings (SSSR count). The molecule has 8 heteroatoms. The predicted octanol–water partition coefficient (Wildman–Crippen LogP) is -0.181. The van der Waals surface area contributed by atoms with E-state index in [0.29, 0.717) is 0 Å². The van der Waals surface area contributed by atoms with Crippen molar-refractivity contribution in [3.63, 3.8) is 0 Å². The highest BCUT2D eigenvalue weighted by molar-refractivity contribution is 4.80. The molecule has 0 radical (unpaired) electrons. The summed E-state index contributed by atoms with van der Waals surface area (Å²) in [5, 5.41) is 40.0. The Morgan fingerprint density at radius 1 is 0.938 bits per heavy atom. The van der Waals surface area contributed by atoms with Crippen molar-refractivity contribution in [3.05, 3.63) is 20.2 Å². The smallest absolute Gasteiger partial charge is 0.241 e. The maximum absolute atomic E-state index is 10.5. The molecular formula is C8H16N2O6. The Hall–Kier alpha value is -1.28. The fourth-order valence-electron chi connectivity index (χ4n) is 1.49. The zero-order valence-corrected chi connectivity index (χ0v) is 9.15. The van der Waals surface area contributed by atoms with Crippen LogP contribution >= 0.6 is 0 Å². The van der Waals surface area contributed by atoms with Gasteiger partial charge in [0.05, 0.1) is 0 Å². The first-order valence-electron chi connectivity index (χ1n) is 4.99. The van der Waals surface area contributed by atoms with Crippen LogP contribution in [0.15, 0.2) is 0 Å². The summed E-state index contributed by atoms with van der Waals surface area (Å²) >= 11 is 0. The Morgan fingerprint density at radius 3 is 1.31 bits per heavy atom. The van der Waals surface area contributed by atoms with Crippen molar-refractivity contribution in [2.45, 2.75) is 51.0 Å². The second-order valence-electron chi connectivity index (χ2n) is 3.50. The van der Waals surface area contributed by atoms with Crippen LogP contribution in [0.5, 0.6) is 0 Å². The molecule has 0 aliphatic carbocycles. The summed E-state index contributed by atoms with van der Waals surface area (Å²) in [4.78, 5) is 19.6. The first kappa shape index (κ1) is 14.7. The number of hydrogen-bond donors (Lipinski definition) is 2. The quantitative estimate of drug-likeness (QED) is 0.466. The van der Waals surface area contributed by atoms with Gasteiger partial charge in [0.2, 0.25) is 12.1 Å². The van der Waals surface area contributed by atoms with Gasteiger partial charge in [0, 0.05) is 22.7 Å². The van der Waals surface area contributed by atoms with E-state index in [9.17, 15) is 30.4 Å². The van der Waals surface area contributed by atoms with Gasteiger partial charge in [-0.3, -0.25) is 20.2 Å². The van der Waals surface area contributed by atoms with Crippen molar-refractivity contribution >= 4 is 0 Å². The maximum atomic E-state index is 10.5. The Labute approximate surface area is 92.2 Å². The standard InChI is InChI=1S/C8H16N2O6/c1-3-5(9(13)14)7(11)8(12)6(4-2)10(15)16/h5-8,11-12H,3-4H2,1-2H3. The third-order valence-corrected chi connectivity index (χ3v) is 2.52. The van der Waals surface area contributed by atoms with Gasteiger partial charge in [-0.05, 0) is 0 Å². The van der Waals surface area contributed by atoms with E-state index in [1.54, 1.807) is 0 Å². The van der Waals surface area contributed by atoms with Gasteiger partial charge in [0.15, 0.2) is 12.2 Å². The number of hydrogen-bond acceptors (Lipinski definition) is 6. The number of aliphatic hydroxyl groups excluding tert-OH is 2. The van der Waals surface area contributed by atoms with Crippen LogP contribution < -0.4 is 0 Å². The monoisotopic (exact) mass is 236 g/mol. The highest BCUT2D eigenvalue weighted by Crippen LogP contribution is 2.14. The van der Waals surface area contributed by atoms with Gasteiger partial charge in [-0.1, -0.05) is 13.8 Å². The maximum Gasteiger partial charge on any atom is 0.241 e. The molecule has 0 aromatic carbocycles. The fourth-order valence-corrected chi connectivity index (χ4v) is 1.49. The molecule has 0 heterocycles. The lowest BCUT2D eigenvalue weighted by Crippen LogP contribution is -2.49. The van der Waals surface area contributed by atoms with Crippen molar-refractivity contribution in [2.75, 3.05) is 0 Å². The van der Waals surface area contributed by atoms with Crippen LogP contribution in [-0.2, 0) is 0 Å². The van der Waals surface area contributed by atoms with Crippen LogP contribution in [0, 0.1) is 20.2 Å². The lowest BCUT2D eigenvalue weighted by Gasteiger charge is -2.22. The van der Waals surface area contributed by atoms with Gasteiger partial charge in [-0.25, -0.2) is 0 Å². The van der Waals surface area contributed by atoms with Crippen molar-refractivity contribution < 1.29 is 20.1 Å². The van der Waals surface area contributed by atoms with Crippen molar-refractivity contribution in [1.82, 2.24) is 0 Å². The average Bonchev–Trinajstić information content (AvgIpc) is 2.18. The van der Waals surface area contributed by atoms with E-state index < -0.39 is 34.1 Å². The molecule has 2 N–H and O–H groups in total. The van der Waals surface area contributed by atoms with Gasteiger partial charge < -0.3 is 10.2 Å². The fraction of sp³-hybridized carbons (Fsp3) is 1.00. The number of nitro groups is 2. The SMILES string of the molecule is CCC(C(O)C(O)C(CC)[N+](=O)[O-])[N+](=O)[O-]. The Morgan fingerprint density at radius 2 is 1.19 bits per heavy atom. The lowest BCUT2D eigenvalue weighted by molar-refractivity contribution is -0.558. The van der Waals surface area contributed by atoms with E-state index in [2.05, 4.69) is 0 Å². The summed E-state index contributed by atoms with van der Waals surface area (Å²) in [6.45, 7) is 2.94. The topological polar surface area (TPSA) is 127 Å². The largest absolute Gasteiger partial charge is 0.383 e. The third-order valence-electron chi connectivity index (χ3n) is 2.52. The molecule has 4 atom stereocenters. The zero-order chi connectivity index (χ0) is 12.9. The zero-order valence-electron chi connectivity index (χ0n) is 9.15. The minimum absolute atomic E-state index is 0.000620. The summed E-state index contributed by atoms with van der Waals surface area (Å²) in [5.74, 6) is 0. The lowest BCUT2D eigenvalue weighted by atomic mass is 9.97. The number of aliphatic hydroxyl groups is 2. The molecule has 4 unspecified atom stereocenters. The molecule has 0 fully saturated rings. The first-order chi connectivity index (χ1) is 7.36. The molecule has 0 aromatic heterocycles. The van der Waals surface area contributed by atoms with Crippen LogP contribution in [0.2, 0.25) is 0 Å². The normalized spacial score (nSPS) is 18.5. The summed E-state index contributed by atoms with van der Waals surface area (Å²) < 4.78 is 0. The highest BCUT2D eigenvalue weighted by atomic mass is 16.6. The summed E-state index contributed by atoms with van der Waals surface area (Å²) in [6.07, 6.45) is -3.45. The molecule has 16 heavy (non-hydrogen) atoms. The Balaban J connectivity index is 4.74. The van der Waals surface area contributed by atoms with Gasteiger partial charge in [-0.15, -0.1) is 0 Å². The second kappa shape index (κ2) is 6.33. The van der Waals surface area contributed by atoms with Crippen LogP contribution in [0.1, 0.15) is 26.7 Å². The third kappa shape index (κ3) is 3.38. The Bertz CT molecular complexity index is 233. The van der Waals surface area contributed by atoms with E-state index >= 15 is 0 Å². The Kier molecular flexibility index (Phi) is 5.83. The molecule has 8 nitrogen and oxygen atoms in total. The second-order valence-corrected chi connectivity index (χ2v) is 3.50. The molecule has 0 bridgehead atoms. The highest BCUT2D eigenvalue weighted by Gasteiger charge is 2.42. The molecule has 0 aliphatic rings. The van der Waals surface area contributed by atoms with Crippen molar-refractivity contribution in [2.24, 2.45) is 0 Å². The number of nitrogens with zero attached hydrogens (tertiary/aromatic N) is 2. The molecule has 0 spiro atoms. The minimum Gasteiger partial charge on any atom is -0.383 e. The van der Waals surface area contributed by atoms with E-state index in [1.807, 2.05) is 0 Å². The summed E-state index contributed by atoms with van der Waals surface area (Å²) in [5.41, 5.74) is 0. The van der Waals surface area contributed by atoms with E-state index in [0.717, 1.165) is 0 Å². The molecule has 0 amide bonds. The predicted molar refractivity (Wildman–Crippen MR) is 54.2 cm³/mol. The van der Waals surface area contributed by atoms with Gasteiger partial charge in [-0.2, -0.15) is 0 Å². The first-order valence-corrected chi connectivity index (χ1v) is 4.99. The van der Waals surface area contributed by atoms with Crippen LogP contribution in [0.3, 0.4) is 0 Å². The molecular weight excluding hydrogens is 220 g/mol. The average molecular weight is 236 g/mol. The molecule has 0 saturated heterocycles. The molecule has 0 aliphatic heterocycles. The summed E-state index contributed by atoms with van der Waals surface area (Å²) in [6, 6.07) is -2.77. The molecule has 94 valence electrons. The number of rotatable bonds is 7. The van der Waals surface area contributed by atoms with Crippen LogP contribution in [-0.4, -0.2) is 44.4 Å². The van der Waals surface area contributed by atoms with Gasteiger partial charge >= 0.3 is 0 Å². The van der Waals surface area contributed by atoms with Gasteiger partial charge in [0.25, 0.3) is 0 Å². The van der Waals surface area contributed by atoms with Crippen molar-refractivity contribution in [3.8, 4) is 0 Å². The van der Waals surface area contributed by atoms with Crippen molar-refractivity contribution in [1.29, 1.82) is 0 Å². The molecule has 0 aromatic rings. The van der Waals surface area contributed by atoms with E-state index in [1.165, 1.54) is 13.8 Å².